The number of nitrogens with zero attached hydrogens (tertiary/aromatic N) is 1. The van der Waals surface area contributed by atoms with E-state index in [0.29, 0.717) is 5.92 Å². The van der Waals surface area contributed by atoms with Gasteiger partial charge in [0, 0.05) is 18.8 Å². The van der Waals surface area contributed by atoms with Gasteiger partial charge in [-0.25, -0.2) is 0 Å². The van der Waals surface area contributed by atoms with E-state index >= 15 is 0 Å². The third-order valence-electron chi connectivity index (χ3n) is 2.14. The first-order valence-corrected chi connectivity index (χ1v) is 4.05. The van der Waals surface area contributed by atoms with Crippen molar-refractivity contribution in [2.75, 3.05) is 13.1 Å². The van der Waals surface area contributed by atoms with Gasteiger partial charge in [0.1, 0.15) is 0 Å². The second kappa shape index (κ2) is 2.65. The zero-order chi connectivity index (χ0) is 7.72. The first-order chi connectivity index (χ1) is 4.61. The van der Waals surface area contributed by atoms with Crippen LogP contribution >= 0.6 is 0 Å². The maximum atomic E-state index is 4.04. The maximum Gasteiger partial charge on any atom is 0.0217 e. The first-order valence-electron chi connectivity index (χ1n) is 4.05. The highest BCUT2D eigenvalue weighted by Gasteiger charge is 2.24. The normalized spacial score (nSPS) is 19.4. The molecular formula is C9H17N. The molecule has 1 aliphatic rings. The van der Waals surface area contributed by atoms with Gasteiger partial charge in [0.25, 0.3) is 0 Å². The Morgan fingerprint density at radius 1 is 1.50 bits per heavy atom. The highest BCUT2D eigenvalue weighted by atomic mass is 15.2. The summed E-state index contributed by atoms with van der Waals surface area (Å²) in [5.41, 5.74) is 1.30. The molecule has 0 bridgehead atoms. The van der Waals surface area contributed by atoms with Gasteiger partial charge in [0.2, 0.25) is 0 Å². The quantitative estimate of drug-likeness (QED) is 0.566. The minimum Gasteiger partial charge on any atom is -0.374 e. The van der Waals surface area contributed by atoms with Gasteiger partial charge in [-0.2, -0.15) is 0 Å². The predicted molar refractivity (Wildman–Crippen MR) is 44.7 cm³/mol. The molecule has 0 amide bonds. The van der Waals surface area contributed by atoms with E-state index in [2.05, 4.69) is 32.3 Å². The highest BCUT2D eigenvalue weighted by molar-refractivity contribution is 5.01. The monoisotopic (exact) mass is 139 g/mol. The molecule has 0 aromatic heterocycles. The van der Waals surface area contributed by atoms with Crippen LogP contribution in [0.5, 0.6) is 0 Å². The average Bonchev–Trinajstić information content (AvgIpc) is 1.79. The van der Waals surface area contributed by atoms with Crippen LogP contribution in [0.25, 0.3) is 0 Å². The first kappa shape index (κ1) is 7.64. The van der Waals surface area contributed by atoms with E-state index in [1.807, 2.05) is 0 Å². The fraction of sp³-hybridized carbons (Fsp3) is 0.778. The molecule has 0 spiro atoms. The summed E-state index contributed by atoms with van der Waals surface area (Å²) in [5, 5.41) is 0. The molecule has 1 heteroatoms. The largest absolute Gasteiger partial charge is 0.374 e. The number of rotatable bonds is 2. The SMILES string of the molecule is C=C(C(C)C)N1CC(C)C1. The van der Waals surface area contributed by atoms with Crippen LogP contribution in [-0.4, -0.2) is 18.0 Å². The van der Waals surface area contributed by atoms with E-state index in [9.17, 15) is 0 Å². The Kier molecular flexibility index (Phi) is 2.02. The van der Waals surface area contributed by atoms with Crippen molar-refractivity contribution in [2.24, 2.45) is 11.8 Å². The smallest absolute Gasteiger partial charge is 0.0217 e. The fourth-order valence-electron chi connectivity index (χ4n) is 1.30. The third kappa shape index (κ3) is 1.34. The van der Waals surface area contributed by atoms with Gasteiger partial charge in [-0.3, -0.25) is 0 Å². The molecule has 1 aliphatic heterocycles. The van der Waals surface area contributed by atoms with Crippen LogP contribution in [0, 0.1) is 11.8 Å². The molecule has 0 aromatic carbocycles. The van der Waals surface area contributed by atoms with Crippen molar-refractivity contribution in [3.63, 3.8) is 0 Å². The molecule has 0 atom stereocenters. The lowest BCUT2D eigenvalue weighted by atomic mass is 9.99. The molecule has 58 valence electrons. The van der Waals surface area contributed by atoms with Crippen molar-refractivity contribution in [3.05, 3.63) is 12.3 Å². The van der Waals surface area contributed by atoms with Crippen molar-refractivity contribution in [1.29, 1.82) is 0 Å². The molecule has 0 aromatic rings. The zero-order valence-corrected chi connectivity index (χ0v) is 7.22. The van der Waals surface area contributed by atoms with Crippen molar-refractivity contribution < 1.29 is 0 Å². The van der Waals surface area contributed by atoms with Gasteiger partial charge < -0.3 is 4.90 Å². The Bertz CT molecular complexity index is 132. The van der Waals surface area contributed by atoms with Gasteiger partial charge in [0.15, 0.2) is 0 Å². The molecular weight excluding hydrogens is 122 g/mol. The second-order valence-electron chi connectivity index (χ2n) is 3.66. The zero-order valence-electron chi connectivity index (χ0n) is 7.22. The summed E-state index contributed by atoms with van der Waals surface area (Å²) in [4.78, 5) is 2.37. The summed E-state index contributed by atoms with van der Waals surface area (Å²) in [7, 11) is 0. The van der Waals surface area contributed by atoms with E-state index in [4.69, 9.17) is 0 Å². The van der Waals surface area contributed by atoms with Crippen LogP contribution in [0.4, 0.5) is 0 Å². The van der Waals surface area contributed by atoms with E-state index < -0.39 is 0 Å². The third-order valence-corrected chi connectivity index (χ3v) is 2.14. The summed E-state index contributed by atoms with van der Waals surface area (Å²) < 4.78 is 0. The van der Waals surface area contributed by atoms with Crippen molar-refractivity contribution >= 4 is 0 Å². The van der Waals surface area contributed by atoms with Crippen molar-refractivity contribution in [1.82, 2.24) is 4.90 Å². The van der Waals surface area contributed by atoms with Crippen molar-refractivity contribution in [2.45, 2.75) is 20.8 Å². The Morgan fingerprint density at radius 2 is 2.00 bits per heavy atom. The molecule has 1 heterocycles. The molecule has 0 radical (unpaired) electrons. The molecule has 1 saturated heterocycles. The van der Waals surface area contributed by atoms with Crippen LogP contribution in [-0.2, 0) is 0 Å². The molecule has 0 N–H and O–H groups in total. The van der Waals surface area contributed by atoms with Gasteiger partial charge in [-0.05, 0) is 11.8 Å². The Balaban J connectivity index is 2.31. The summed E-state index contributed by atoms with van der Waals surface area (Å²) in [6, 6.07) is 0. The summed E-state index contributed by atoms with van der Waals surface area (Å²) >= 11 is 0. The molecule has 0 unspecified atom stereocenters. The van der Waals surface area contributed by atoms with Crippen LogP contribution in [0.2, 0.25) is 0 Å². The Hall–Kier alpha value is -0.460. The van der Waals surface area contributed by atoms with Crippen LogP contribution in [0.1, 0.15) is 20.8 Å². The number of hydrogen-bond acceptors (Lipinski definition) is 1. The molecule has 0 saturated carbocycles. The lowest BCUT2D eigenvalue weighted by Gasteiger charge is -2.41. The van der Waals surface area contributed by atoms with E-state index in [-0.39, 0.29) is 0 Å². The number of hydrogen-bond donors (Lipinski definition) is 0. The van der Waals surface area contributed by atoms with E-state index in [0.717, 1.165) is 5.92 Å². The molecule has 0 aliphatic carbocycles. The Labute approximate surface area is 63.7 Å². The lowest BCUT2D eigenvalue weighted by Crippen LogP contribution is -2.44. The Morgan fingerprint density at radius 3 is 2.30 bits per heavy atom. The van der Waals surface area contributed by atoms with Crippen LogP contribution in [0.15, 0.2) is 12.3 Å². The van der Waals surface area contributed by atoms with Gasteiger partial charge in [0.05, 0.1) is 0 Å². The summed E-state index contributed by atoms with van der Waals surface area (Å²) in [5.74, 6) is 1.50. The molecule has 10 heavy (non-hydrogen) atoms. The number of likely N-dealkylation sites (tertiary alicyclic amines) is 1. The highest BCUT2D eigenvalue weighted by Crippen LogP contribution is 2.23. The topological polar surface area (TPSA) is 3.24 Å². The summed E-state index contributed by atoms with van der Waals surface area (Å²) in [6.07, 6.45) is 0. The molecule has 1 fully saturated rings. The van der Waals surface area contributed by atoms with Crippen LogP contribution < -0.4 is 0 Å². The maximum absolute atomic E-state index is 4.04. The van der Waals surface area contributed by atoms with Gasteiger partial charge in [-0.15, -0.1) is 0 Å². The average molecular weight is 139 g/mol. The van der Waals surface area contributed by atoms with Crippen molar-refractivity contribution in [3.8, 4) is 0 Å². The lowest BCUT2D eigenvalue weighted by molar-refractivity contribution is 0.144. The minimum atomic E-state index is 0.618. The predicted octanol–water partition coefficient (Wildman–Crippen LogP) is 2.11. The van der Waals surface area contributed by atoms with Gasteiger partial charge in [-0.1, -0.05) is 27.4 Å². The van der Waals surface area contributed by atoms with Crippen LogP contribution in [0.3, 0.4) is 0 Å². The minimum absolute atomic E-state index is 0.618. The fourth-order valence-corrected chi connectivity index (χ4v) is 1.30. The summed E-state index contributed by atoms with van der Waals surface area (Å²) in [6.45, 7) is 13.2. The van der Waals surface area contributed by atoms with E-state index in [1.54, 1.807) is 0 Å². The number of allylic oxidation sites excluding steroid dienone is 1. The molecule has 1 rings (SSSR count). The standard InChI is InChI=1S/C9H17N/c1-7(2)9(4)10-5-8(3)6-10/h7-8H,4-6H2,1-3H3. The van der Waals surface area contributed by atoms with Gasteiger partial charge >= 0.3 is 0 Å². The van der Waals surface area contributed by atoms with E-state index in [1.165, 1.54) is 18.8 Å². The second-order valence-corrected chi connectivity index (χ2v) is 3.66. The molecule has 1 nitrogen and oxygen atoms in total.